The fourth-order valence-electron chi connectivity index (χ4n) is 1.47. The van der Waals surface area contributed by atoms with Crippen molar-refractivity contribution in [3.05, 3.63) is 32.7 Å². The van der Waals surface area contributed by atoms with Crippen LogP contribution < -0.4 is 5.73 Å². The molecule has 2 rings (SSSR count). The van der Waals surface area contributed by atoms with Gasteiger partial charge in [0.05, 0.1) is 22.8 Å². The minimum atomic E-state index is -0.0810. The number of aromatic nitrogens is 2. The molecule has 0 bridgehead atoms. The minimum absolute atomic E-state index is 0. The summed E-state index contributed by atoms with van der Waals surface area (Å²) in [5, 5.41) is 4.62. The zero-order valence-corrected chi connectivity index (χ0v) is 14.1. The molecule has 0 aliphatic heterocycles. The molecule has 0 aliphatic carbocycles. The van der Waals surface area contributed by atoms with Crippen molar-refractivity contribution < 1.29 is 4.79 Å². The van der Waals surface area contributed by atoms with E-state index < -0.39 is 0 Å². The summed E-state index contributed by atoms with van der Waals surface area (Å²) < 4.78 is 0. The first-order chi connectivity index (χ1) is 8.70. The lowest BCUT2D eigenvalue weighted by Gasteiger charge is -2.14. The van der Waals surface area contributed by atoms with E-state index in [1.54, 1.807) is 22.8 Å². The highest BCUT2D eigenvalue weighted by molar-refractivity contribution is 7.09. The molecule has 0 radical (unpaired) electrons. The summed E-state index contributed by atoms with van der Waals surface area (Å²) in [4.78, 5) is 22.2. The highest BCUT2D eigenvalue weighted by atomic mass is 35.5. The Bertz CT molecular complexity index is 518. The van der Waals surface area contributed by atoms with E-state index >= 15 is 0 Å². The van der Waals surface area contributed by atoms with E-state index in [1.165, 1.54) is 22.7 Å². The lowest BCUT2D eigenvalue weighted by atomic mass is 10.3. The number of halogens is 2. The van der Waals surface area contributed by atoms with Gasteiger partial charge in [-0.25, -0.2) is 9.97 Å². The van der Waals surface area contributed by atoms with Gasteiger partial charge in [-0.3, -0.25) is 4.79 Å². The Morgan fingerprint density at radius 2 is 2.15 bits per heavy atom. The molecule has 1 amide bonds. The van der Waals surface area contributed by atoms with Gasteiger partial charge < -0.3 is 10.6 Å². The molecular weight excluding hydrogens is 339 g/mol. The Kier molecular flexibility index (Phi) is 8.91. The second-order valence-corrected chi connectivity index (χ2v) is 5.47. The van der Waals surface area contributed by atoms with Crippen LogP contribution in [0.4, 0.5) is 0 Å². The number of carbonyl (C=O) groups excluding carboxylic acids is 1. The molecule has 2 N–H and O–H groups in total. The van der Waals surface area contributed by atoms with Gasteiger partial charge in [-0.05, 0) is 6.54 Å². The fourth-order valence-corrected chi connectivity index (χ4v) is 2.81. The van der Waals surface area contributed by atoms with Crippen LogP contribution in [0.15, 0.2) is 16.3 Å². The number of amides is 1. The van der Waals surface area contributed by atoms with Gasteiger partial charge in [-0.1, -0.05) is 0 Å². The molecule has 0 saturated carbocycles. The van der Waals surface area contributed by atoms with Gasteiger partial charge in [-0.15, -0.1) is 47.5 Å². The summed E-state index contributed by atoms with van der Waals surface area (Å²) >= 11 is 3.00. The maximum atomic E-state index is 12.1. The predicted molar refractivity (Wildman–Crippen MR) is 87.3 cm³/mol. The van der Waals surface area contributed by atoms with E-state index in [0.29, 0.717) is 25.2 Å². The van der Waals surface area contributed by atoms with Crippen molar-refractivity contribution in [1.29, 1.82) is 0 Å². The molecule has 0 fully saturated rings. The van der Waals surface area contributed by atoms with E-state index in [2.05, 4.69) is 9.97 Å². The highest BCUT2D eigenvalue weighted by Gasteiger charge is 2.16. The van der Waals surface area contributed by atoms with Crippen molar-refractivity contribution >= 4 is 53.4 Å². The summed E-state index contributed by atoms with van der Waals surface area (Å²) in [7, 11) is 1.75. The third-order valence-corrected chi connectivity index (χ3v) is 3.90. The van der Waals surface area contributed by atoms with Gasteiger partial charge in [-0.2, -0.15) is 0 Å². The fraction of sp³-hybridized carbons (Fsp3) is 0.364. The Labute approximate surface area is 138 Å². The SMILES string of the molecule is CN(Cc1cscn1)C(=O)c1csc(CCN)n1.Cl.Cl. The summed E-state index contributed by atoms with van der Waals surface area (Å²) in [6, 6.07) is 0. The molecule has 5 nitrogen and oxygen atoms in total. The molecule has 0 saturated heterocycles. The van der Waals surface area contributed by atoms with Crippen LogP contribution in [0.25, 0.3) is 0 Å². The Morgan fingerprint density at radius 1 is 1.40 bits per heavy atom. The van der Waals surface area contributed by atoms with Crippen LogP contribution in [-0.4, -0.2) is 34.4 Å². The van der Waals surface area contributed by atoms with Crippen molar-refractivity contribution in [2.45, 2.75) is 13.0 Å². The van der Waals surface area contributed by atoms with Crippen molar-refractivity contribution in [2.75, 3.05) is 13.6 Å². The topological polar surface area (TPSA) is 72.1 Å². The molecule has 112 valence electrons. The van der Waals surface area contributed by atoms with Crippen LogP contribution in [0.2, 0.25) is 0 Å². The summed E-state index contributed by atoms with van der Waals surface area (Å²) in [6.45, 7) is 1.06. The van der Waals surface area contributed by atoms with Crippen molar-refractivity contribution in [3.8, 4) is 0 Å². The highest BCUT2D eigenvalue weighted by Crippen LogP contribution is 2.13. The van der Waals surface area contributed by atoms with Gasteiger partial charge in [0.2, 0.25) is 0 Å². The second-order valence-electron chi connectivity index (χ2n) is 3.81. The van der Waals surface area contributed by atoms with Crippen LogP contribution in [-0.2, 0) is 13.0 Å². The number of nitrogens with zero attached hydrogens (tertiary/aromatic N) is 3. The molecule has 2 heterocycles. The molecule has 0 spiro atoms. The van der Waals surface area contributed by atoms with E-state index in [4.69, 9.17) is 5.73 Å². The van der Waals surface area contributed by atoms with E-state index in [1.807, 2.05) is 5.38 Å². The van der Waals surface area contributed by atoms with Crippen LogP contribution in [0.1, 0.15) is 21.2 Å². The zero-order chi connectivity index (χ0) is 13.0. The Balaban J connectivity index is 0.00000180. The molecule has 20 heavy (non-hydrogen) atoms. The van der Waals surface area contributed by atoms with Gasteiger partial charge in [0.25, 0.3) is 5.91 Å². The van der Waals surface area contributed by atoms with Crippen LogP contribution >= 0.6 is 47.5 Å². The summed E-state index contributed by atoms with van der Waals surface area (Å²) in [5.41, 5.74) is 8.60. The Morgan fingerprint density at radius 3 is 2.75 bits per heavy atom. The van der Waals surface area contributed by atoms with Gasteiger partial charge >= 0.3 is 0 Å². The smallest absolute Gasteiger partial charge is 0.273 e. The average molecular weight is 355 g/mol. The first kappa shape index (κ1) is 19.3. The van der Waals surface area contributed by atoms with Crippen LogP contribution in [0, 0.1) is 0 Å². The van der Waals surface area contributed by atoms with Crippen molar-refractivity contribution in [1.82, 2.24) is 14.9 Å². The number of hydrogen-bond acceptors (Lipinski definition) is 6. The summed E-state index contributed by atoms with van der Waals surface area (Å²) in [5.74, 6) is -0.0810. The summed E-state index contributed by atoms with van der Waals surface area (Å²) in [6.07, 6.45) is 0.716. The van der Waals surface area contributed by atoms with E-state index in [9.17, 15) is 4.79 Å². The molecule has 0 aromatic carbocycles. The predicted octanol–water partition coefficient (Wildman–Crippen LogP) is 2.22. The van der Waals surface area contributed by atoms with Crippen molar-refractivity contribution in [3.63, 3.8) is 0 Å². The molecule has 2 aromatic rings. The average Bonchev–Trinajstić information content (AvgIpc) is 3.00. The van der Waals surface area contributed by atoms with Crippen molar-refractivity contribution in [2.24, 2.45) is 5.73 Å². The second kappa shape index (κ2) is 9.25. The molecule has 0 unspecified atom stereocenters. The maximum Gasteiger partial charge on any atom is 0.273 e. The molecule has 0 aliphatic rings. The van der Waals surface area contributed by atoms with Crippen LogP contribution in [0.3, 0.4) is 0 Å². The molecular formula is C11H16Cl2N4OS2. The molecule has 9 heteroatoms. The monoisotopic (exact) mass is 354 g/mol. The molecule has 0 atom stereocenters. The zero-order valence-electron chi connectivity index (χ0n) is 10.8. The standard InChI is InChI=1S/C11H14N4OS2.2ClH/c1-15(4-8-5-17-7-13-8)11(16)9-6-18-10(14-9)2-3-12;;/h5-7H,2-4,12H2,1H3;2*1H. The first-order valence-corrected chi connectivity index (χ1v) is 7.30. The van der Waals surface area contributed by atoms with Gasteiger partial charge in [0, 0.05) is 24.2 Å². The van der Waals surface area contributed by atoms with Gasteiger partial charge in [0.15, 0.2) is 0 Å². The van der Waals surface area contributed by atoms with Crippen LogP contribution in [0.5, 0.6) is 0 Å². The van der Waals surface area contributed by atoms with E-state index in [0.717, 1.165) is 10.7 Å². The van der Waals surface area contributed by atoms with E-state index in [-0.39, 0.29) is 30.7 Å². The third-order valence-electron chi connectivity index (χ3n) is 2.36. The number of nitrogens with two attached hydrogens (primary N) is 1. The Hall–Kier alpha value is -0.730. The number of hydrogen-bond donors (Lipinski definition) is 1. The normalized spacial score (nSPS) is 9.50. The minimum Gasteiger partial charge on any atom is -0.334 e. The maximum absolute atomic E-state index is 12.1. The lowest BCUT2D eigenvalue weighted by Crippen LogP contribution is -2.26. The largest absolute Gasteiger partial charge is 0.334 e. The quantitative estimate of drug-likeness (QED) is 0.893. The molecule has 2 aromatic heterocycles. The number of carbonyl (C=O) groups is 1. The first-order valence-electron chi connectivity index (χ1n) is 5.47. The number of rotatable bonds is 5. The van der Waals surface area contributed by atoms with Gasteiger partial charge in [0.1, 0.15) is 5.69 Å². The third kappa shape index (κ3) is 4.99. The number of thiazole rings is 2. The lowest BCUT2D eigenvalue weighted by molar-refractivity contribution is 0.0778.